The fourth-order valence-electron chi connectivity index (χ4n) is 3.36. The second-order valence-electron chi connectivity index (χ2n) is 6.78. The smallest absolute Gasteiger partial charge is 0.336 e. The number of carbonyl (C=O) groups excluding carboxylic acids is 2. The Morgan fingerprint density at radius 2 is 1.52 bits per heavy atom. The molecule has 0 atom stereocenters. The summed E-state index contributed by atoms with van der Waals surface area (Å²) < 4.78 is 0. The van der Waals surface area contributed by atoms with Crippen LogP contribution >= 0.6 is 0 Å². The minimum Gasteiger partial charge on any atom is -0.478 e. The van der Waals surface area contributed by atoms with Gasteiger partial charge in [-0.2, -0.15) is 0 Å². The van der Waals surface area contributed by atoms with Gasteiger partial charge in [0.1, 0.15) is 6.54 Å². The molecule has 0 radical (unpaired) electrons. The van der Waals surface area contributed by atoms with Gasteiger partial charge >= 0.3 is 12.0 Å². The number of hydrogen-bond donors (Lipinski definition) is 1. The Bertz CT molecular complexity index is 1080. The first-order chi connectivity index (χ1) is 14.0. The molecule has 3 amide bonds. The second-order valence-corrected chi connectivity index (χ2v) is 6.78. The van der Waals surface area contributed by atoms with Gasteiger partial charge in [0.15, 0.2) is 0 Å². The molecule has 0 unspecified atom stereocenters. The maximum Gasteiger partial charge on any atom is 0.336 e. The van der Waals surface area contributed by atoms with E-state index in [0.29, 0.717) is 5.69 Å². The van der Waals surface area contributed by atoms with Gasteiger partial charge in [0, 0.05) is 5.69 Å². The highest BCUT2D eigenvalue weighted by molar-refractivity contribution is 6.27. The molecule has 3 aromatic carbocycles. The van der Waals surface area contributed by atoms with E-state index in [0.717, 1.165) is 16.9 Å². The molecule has 0 saturated carbocycles. The van der Waals surface area contributed by atoms with Crippen LogP contribution in [-0.2, 0) is 11.2 Å². The van der Waals surface area contributed by atoms with Crippen molar-refractivity contribution in [1.29, 1.82) is 0 Å². The summed E-state index contributed by atoms with van der Waals surface area (Å²) in [4.78, 5) is 38.9. The van der Waals surface area contributed by atoms with E-state index in [-0.39, 0.29) is 17.8 Å². The quantitative estimate of drug-likeness (QED) is 0.674. The van der Waals surface area contributed by atoms with Crippen molar-refractivity contribution in [1.82, 2.24) is 0 Å². The molecule has 0 aromatic heterocycles. The van der Waals surface area contributed by atoms with E-state index in [1.807, 2.05) is 42.5 Å². The first-order valence-corrected chi connectivity index (χ1v) is 9.13. The van der Waals surface area contributed by atoms with Gasteiger partial charge in [0.05, 0.1) is 11.3 Å². The standard InChI is InChI=1S/C23H18N2O4/c26-21-15-24(23(29)25(21)20-8-4-7-18(14-20)22(27)28)19-11-9-17(10-12-19)13-16-5-2-1-3-6-16/h1-12,14H,13,15H2,(H,27,28). The number of anilines is 2. The fraction of sp³-hybridized carbons (Fsp3) is 0.0870. The maximum atomic E-state index is 12.9. The number of carboxylic acids is 1. The topological polar surface area (TPSA) is 77.9 Å². The molecule has 3 aromatic rings. The summed E-state index contributed by atoms with van der Waals surface area (Å²) in [7, 11) is 0. The molecule has 1 saturated heterocycles. The van der Waals surface area contributed by atoms with Crippen LogP contribution in [0.15, 0.2) is 78.9 Å². The van der Waals surface area contributed by atoms with Crippen molar-refractivity contribution in [2.45, 2.75) is 6.42 Å². The Labute approximate surface area is 167 Å². The first-order valence-electron chi connectivity index (χ1n) is 9.13. The molecular weight excluding hydrogens is 368 g/mol. The Hall–Kier alpha value is -3.93. The number of hydrogen-bond acceptors (Lipinski definition) is 3. The average molecular weight is 386 g/mol. The minimum atomic E-state index is -1.11. The molecule has 29 heavy (non-hydrogen) atoms. The lowest BCUT2D eigenvalue weighted by Crippen LogP contribution is -2.33. The van der Waals surface area contributed by atoms with Crippen molar-refractivity contribution in [3.05, 3.63) is 95.6 Å². The second kappa shape index (κ2) is 7.59. The molecular formula is C23H18N2O4. The Balaban J connectivity index is 1.54. The molecule has 1 aliphatic rings. The molecule has 144 valence electrons. The van der Waals surface area contributed by atoms with Crippen molar-refractivity contribution >= 4 is 29.3 Å². The van der Waals surface area contributed by atoms with Crippen LogP contribution in [0.3, 0.4) is 0 Å². The van der Waals surface area contributed by atoms with Crippen LogP contribution in [0.2, 0.25) is 0 Å². The summed E-state index contributed by atoms with van der Waals surface area (Å²) >= 11 is 0. The SMILES string of the molecule is O=C(O)c1cccc(N2C(=O)CN(c3ccc(Cc4ccccc4)cc3)C2=O)c1. The molecule has 4 rings (SSSR count). The van der Waals surface area contributed by atoms with E-state index in [2.05, 4.69) is 12.1 Å². The predicted molar refractivity (Wildman–Crippen MR) is 109 cm³/mol. The number of amides is 3. The lowest BCUT2D eigenvalue weighted by atomic mass is 10.0. The van der Waals surface area contributed by atoms with Gasteiger partial charge in [0.2, 0.25) is 0 Å². The normalized spacial score (nSPS) is 13.8. The molecule has 0 bridgehead atoms. The summed E-state index contributed by atoms with van der Waals surface area (Å²) in [5, 5.41) is 9.15. The van der Waals surface area contributed by atoms with Crippen LogP contribution in [0.4, 0.5) is 16.2 Å². The third-order valence-electron chi connectivity index (χ3n) is 4.82. The van der Waals surface area contributed by atoms with Crippen LogP contribution in [0, 0.1) is 0 Å². The van der Waals surface area contributed by atoms with Gasteiger partial charge < -0.3 is 5.11 Å². The van der Waals surface area contributed by atoms with Crippen LogP contribution in [0.1, 0.15) is 21.5 Å². The lowest BCUT2D eigenvalue weighted by Gasteiger charge is -2.18. The third-order valence-corrected chi connectivity index (χ3v) is 4.82. The van der Waals surface area contributed by atoms with E-state index in [1.54, 1.807) is 6.07 Å². The van der Waals surface area contributed by atoms with Crippen LogP contribution in [-0.4, -0.2) is 29.6 Å². The number of rotatable bonds is 5. The van der Waals surface area contributed by atoms with Crippen LogP contribution in [0.25, 0.3) is 0 Å². The number of aromatic carboxylic acids is 1. The zero-order valence-electron chi connectivity index (χ0n) is 15.5. The van der Waals surface area contributed by atoms with Crippen LogP contribution < -0.4 is 9.80 Å². The van der Waals surface area contributed by atoms with E-state index in [1.165, 1.54) is 28.7 Å². The number of carbonyl (C=O) groups is 3. The zero-order chi connectivity index (χ0) is 20.4. The number of urea groups is 1. The van der Waals surface area contributed by atoms with Crippen molar-refractivity contribution < 1.29 is 19.5 Å². The van der Waals surface area contributed by atoms with E-state index >= 15 is 0 Å². The Morgan fingerprint density at radius 1 is 0.828 bits per heavy atom. The molecule has 1 heterocycles. The van der Waals surface area contributed by atoms with E-state index in [4.69, 9.17) is 5.11 Å². The highest BCUT2D eigenvalue weighted by atomic mass is 16.4. The van der Waals surface area contributed by atoms with Gasteiger partial charge in [-0.3, -0.25) is 9.69 Å². The molecule has 6 heteroatoms. The number of carboxylic acid groups (broad SMARTS) is 1. The van der Waals surface area contributed by atoms with Crippen molar-refractivity contribution in [2.75, 3.05) is 16.3 Å². The summed E-state index contributed by atoms with van der Waals surface area (Å²) in [5.41, 5.74) is 3.19. The number of nitrogens with zero attached hydrogens (tertiary/aromatic N) is 2. The molecule has 0 aliphatic carbocycles. The zero-order valence-corrected chi connectivity index (χ0v) is 15.5. The minimum absolute atomic E-state index is 0.0202. The molecule has 1 fully saturated rings. The lowest BCUT2D eigenvalue weighted by molar-refractivity contribution is -0.115. The molecule has 1 aliphatic heterocycles. The van der Waals surface area contributed by atoms with Gasteiger partial charge in [-0.15, -0.1) is 0 Å². The number of benzene rings is 3. The highest BCUT2D eigenvalue weighted by Crippen LogP contribution is 2.27. The fourth-order valence-corrected chi connectivity index (χ4v) is 3.36. The summed E-state index contributed by atoms with van der Waals surface area (Å²) in [5.74, 6) is -1.51. The first kappa shape index (κ1) is 18.4. The number of imide groups is 1. The van der Waals surface area contributed by atoms with Crippen molar-refractivity contribution in [3.63, 3.8) is 0 Å². The third kappa shape index (κ3) is 3.73. The Kier molecular flexibility index (Phi) is 4.83. The largest absolute Gasteiger partial charge is 0.478 e. The van der Waals surface area contributed by atoms with Crippen LogP contribution in [0.5, 0.6) is 0 Å². The monoisotopic (exact) mass is 386 g/mol. The van der Waals surface area contributed by atoms with Gasteiger partial charge in [-0.1, -0.05) is 48.5 Å². The average Bonchev–Trinajstić information content (AvgIpc) is 3.03. The highest BCUT2D eigenvalue weighted by Gasteiger charge is 2.38. The summed E-state index contributed by atoms with van der Waals surface area (Å²) in [6.45, 7) is -0.0891. The molecule has 0 spiro atoms. The Morgan fingerprint density at radius 3 is 2.21 bits per heavy atom. The molecule has 1 N–H and O–H groups in total. The van der Waals surface area contributed by atoms with Gasteiger partial charge in [-0.25, -0.2) is 14.5 Å². The van der Waals surface area contributed by atoms with E-state index in [9.17, 15) is 14.4 Å². The van der Waals surface area contributed by atoms with Gasteiger partial charge in [-0.05, 0) is 47.9 Å². The van der Waals surface area contributed by atoms with Gasteiger partial charge in [0.25, 0.3) is 5.91 Å². The summed E-state index contributed by atoms with van der Waals surface area (Å²) in [6, 6.07) is 22.9. The molecule has 6 nitrogen and oxygen atoms in total. The van der Waals surface area contributed by atoms with E-state index < -0.39 is 17.9 Å². The van der Waals surface area contributed by atoms with Crippen molar-refractivity contribution in [2.24, 2.45) is 0 Å². The maximum absolute atomic E-state index is 12.9. The van der Waals surface area contributed by atoms with Crippen molar-refractivity contribution in [3.8, 4) is 0 Å². The predicted octanol–water partition coefficient (Wildman–Crippen LogP) is 3.95. The summed E-state index contributed by atoms with van der Waals surface area (Å²) in [6.07, 6.45) is 0.780.